The second kappa shape index (κ2) is 4.66. The predicted molar refractivity (Wildman–Crippen MR) is 53.7 cm³/mol. The highest BCUT2D eigenvalue weighted by molar-refractivity contribution is 5.28. The summed E-state index contributed by atoms with van der Waals surface area (Å²) in [6, 6.07) is 7.14. The number of halogens is 3. The van der Waals surface area contributed by atoms with Crippen LogP contribution in [0, 0.1) is 6.92 Å². The molecule has 1 aromatic rings. The summed E-state index contributed by atoms with van der Waals surface area (Å²) in [6.45, 7) is 2.66. The summed E-state index contributed by atoms with van der Waals surface area (Å²) in [6.07, 6.45) is -4.16. The van der Waals surface area contributed by atoms with Crippen molar-refractivity contribution in [2.75, 3.05) is 6.54 Å². The topological polar surface area (TPSA) is 12.0 Å². The zero-order chi connectivity index (χ0) is 11.5. The third kappa shape index (κ3) is 3.91. The molecule has 0 spiro atoms. The molecule has 0 saturated carbocycles. The quantitative estimate of drug-likeness (QED) is 0.819. The van der Waals surface area contributed by atoms with Crippen LogP contribution in [-0.2, 0) is 0 Å². The van der Waals surface area contributed by atoms with Crippen molar-refractivity contribution in [2.45, 2.75) is 26.1 Å². The van der Waals surface area contributed by atoms with Crippen molar-refractivity contribution in [3.05, 3.63) is 35.4 Å². The van der Waals surface area contributed by atoms with Crippen molar-refractivity contribution < 1.29 is 13.2 Å². The lowest BCUT2D eigenvalue weighted by Gasteiger charge is -2.17. The van der Waals surface area contributed by atoms with Crippen LogP contribution in [0.5, 0.6) is 0 Å². The fourth-order valence-corrected chi connectivity index (χ4v) is 1.45. The van der Waals surface area contributed by atoms with Crippen LogP contribution >= 0.6 is 0 Å². The molecule has 0 amide bonds. The third-order valence-corrected chi connectivity index (χ3v) is 2.26. The zero-order valence-corrected chi connectivity index (χ0v) is 8.73. The lowest BCUT2D eigenvalue weighted by atomic mass is 10.0. The van der Waals surface area contributed by atoms with Crippen LogP contribution in [0.15, 0.2) is 24.3 Å². The van der Waals surface area contributed by atoms with Gasteiger partial charge in [-0.2, -0.15) is 13.2 Å². The summed E-state index contributed by atoms with van der Waals surface area (Å²) in [7, 11) is 0. The highest BCUT2D eigenvalue weighted by Gasteiger charge is 2.27. The molecule has 0 radical (unpaired) electrons. The second-order valence-electron chi connectivity index (χ2n) is 3.57. The van der Waals surface area contributed by atoms with Gasteiger partial charge in [-0.15, -0.1) is 0 Å². The van der Waals surface area contributed by atoms with Gasteiger partial charge in [0.25, 0.3) is 0 Å². The molecule has 1 nitrogen and oxygen atoms in total. The van der Waals surface area contributed by atoms with Crippen LogP contribution < -0.4 is 5.32 Å². The fraction of sp³-hybridized carbons (Fsp3) is 0.455. The van der Waals surface area contributed by atoms with Gasteiger partial charge in [-0.05, 0) is 25.0 Å². The maximum atomic E-state index is 12.0. The monoisotopic (exact) mass is 217 g/mol. The van der Waals surface area contributed by atoms with E-state index in [1.165, 1.54) is 0 Å². The van der Waals surface area contributed by atoms with E-state index in [9.17, 15) is 13.2 Å². The van der Waals surface area contributed by atoms with Gasteiger partial charge in [0.1, 0.15) is 0 Å². The minimum absolute atomic E-state index is 0.284. The molecule has 0 saturated heterocycles. The molecule has 0 aliphatic rings. The summed E-state index contributed by atoms with van der Waals surface area (Å²) in [5.74, 6) is 0. The van der Waals surface area contributed by atoms with Crippen LogP contribution in [0.3, 0.4) is 0 Å². The molecule has 1 N–H and O–H groups in total. The van der Waals surface area contributed by atoms with Gasteiger partial charge >= 0.3 is 6.18 Å². The Labute approximate surface area is 87.3 Å². The van der Waals surface area contributed by atoms with Crippen molar-refractivity contribution in [3.63, 3.8) is 0 Å². The average molecular weight is 217 g/mol. The Morgan fingerprint density at radius 1 is 1.27 bits per heavy atom. The molecule has 15 heavy (non-hydrogen) atoms. The van der Waals surface area contributed by atoms with Crippen LogP contribution in [0.25, 0.3) is 0 Å². The molecule has 0 heterocycles. The van der Waals surface area contributed by atoms with Gasteiger partial charge in [-0.3, -0.25) is 0 Å². The van der Waals surface area contributed by atoms with Gasteiger partial charge in [0.05, 0.1) is 6.54 Å². The summed E-state index contributed by atoms with van der Waals surface area (Å²) in [5.41, 5.74) is 1.90. The van der Waals surface area contributed by atoms with Gasteiger partial charge in [-0.1, -0.05) is 24.3 Å². The first-order valence-electron chi connectivity index (χ1n) is 4.76. The van der Waals surface area contributed by atoms with E-state index in [0.29, 0.717) is 0 Å². The van der Waals surface area contributed by atoms with E-state index in [-0.39, 0.29) is 6.04 Å². The van der Waals surface area contributed by atoms with E-state index >= 15 is 0 Å². The Bertz CT molecular complexity index is 320. The number of benzene rings is 1. The van der Waals surface area contributed by atoms with Crippen LogP contribution in [0.4, 0.5) is 13.2 Å². The van der Waals surface area contributed by atoms with Gasteiger partial charge in [-0.25, -0.2) is 0 Å². The van der Waals surface area contributed by atoms with E-state index in [4.69, 9.17) is 0 Å². The Kier molecular flexibility index (Phi) is 3.74. The molecule has 0 aromatic heterocycles. The SMILES string of the molecule is Cc1ccccc1[C@@H](C)NCC(F)(F)F. The highest BCUT2D eigenvalue weighted by atomic mass is 19.4. The van der Waals surface area contributed by atoms with Crippen molar-refractivity contribution in [2.24, 2.45) is 0 Å². The molecule has 0 aliphatic heterocycles. The minimum atomic E-state index is -4.16. The molecular weight excluding hydrogens is 203 g/mol. The Morgan fingerprint density at radius 2 is 1.87 bits per heavy atom. The summed E-state index contributed by atoms with van der Waals surface area (Å²) < 4.78 is 35.9. The van der Waals surface area contributed by atoms with Crippen molar-refractivity contribution in [3.8, 4) is 0 Å². The third-order valence-electron chi connectivity index (χ3n) is 2.26. The zero-order valence-electron chi connectivity index (χ0n) is 8.73. The Balaban J connectivity index is 2.62. The highest BCUT2D eigenvalue weighted by Crippen LogP contribution is 2.19. The molecule has 4 heteroatoms. The van der Waals surface area contributed by atoms with E-state index in [1.807, 2.05) is 31.2 Å². The van der Waals surface area contributed by atoms with Gasteiger partial charge < -0.3 is 5.32 Å². The first-order valence-corrected chi connectivity index (χ1v) is 4.76. The van der Waals surface area contributed by atoms with E-state index in [0.717, 1.165) is 11.1 Å². The largest absolute Gasteiger partial charge is 0.401 e. The molecule has 0 aliphatic carbocycles. The number of aryl methyl sites for hydroxylation is 1. The maximum absolute atomic E-state index is 12.0. The first kappa shape index (κ1) is 12.0. The van der Waals surface area contributed by atoms with Crippen molar-refractivity contribution in [1.29, 1.82) is 0 Å². The molecule has 0 bridgehead atoms. The molecule has 1 aromatic carbocycles. The molecule has 84 valence electrons. The number of rotatable bonds is 3. The number of nitrogens with one attached hydrogen (secondary N) is 1. The smallest absolute Gasteiger partial charge is 0.302 e. The molecule has 0 unspecified atom stereocenters. The number of alkyl halides is 3. The van der Waals surface area contributed by atoms with Gasteiger partial charge in [0, 0.05) is 6.04 Å². The lowest BCUT2D eigenvalue weighted by molar-refractivity contribution is -0.126. The predicted octanol–water partition coefficient (Wildman–Crippen LogP) is 3.21. The number of hydrogen-bond acceptors (Lipinski definition) is 1. The summed E-state index contributed by atoms with van der Waals surface area (Å²) in [4.78, 5) is 0. The second-order valence-corrected chi connectivity index (χ2v) is 3.57. The lowest BCUT2D eigenvalue weighted by Crippen LogP contribution is -2.31. The average Bonchev–Trinajstić information content (AvgIpc) is 2.14. The van der Waals surface area contributed by atoms with Crippen LogP contribution in [0.2, 0.25) is 0 Å². The normalized spacial score (nSPS) is 13.9. The van der Waals surface area contributed by atoms with Crippen molar-refractivity contribution in [1.82, 2.24) is 5.32 Å². The maximum Gasteiger partial charge on any atom is 0.401 e. The van der Waals surface area contributed by atoms with Gasteiger partial charge in [0.2, 0.25) is 0 Å². The van der Waals surface area contributed by atoms with E-state index < -0.39 is 12.7 Å². The minimum Gasteiger partial charge on any atom is -0.302 e. The van der Waals surface area contributed by atoms with Gasteiger partial charge in [0.15, 0.2) is 0 Å². The fourth-order valence-electron chi connectivity index (χ4n) is 1.45. The summed E-state index contributed by atoms with van der Waals surface area (Å²) in [5, 5.41) is 2.45. The van der Waals surface area contributed by atoms with Crippen LogP contribution in [-0.4, -0.2) is 12.7 Å². The molecule has 1 rings (SSSR count). The van der Waals surface area contributed by atoms with Crippen LogP contribution in [0.1, 0.15) is 24.1 Å². The summed E-state index contributed by atoms with van der Waals surface area (Å²) >= 11 is 0. The van der Waals surface area contributed by atoms with E-state index in [1.54, 1.807) is 6.92 Å². The Hall–Kier alpha value is -1.03. The molecule has 0 fully saturated rings. The Morgan fingerprint density at radius 3 is 2.40 bits per heavy atom. The number of hydrogen-bond donors (Lipinski definition) is 1. The molecular formula is C11H14F3N. The van der Waals surface area contributed by atoms with Crippen molar-refractivity contribution >= 4 is 0 Å². The molecule has 1 atom stereocenters. The standard InChI is InChI=1S/C11H14F3N/c1-8-5-3-4-6-10(8)9(2)15-7-11(12,13)14/h3-6,9,15H,7H2,1-2H3/t9-/m1/s1. The van der Waals surface area contributed by atoms with E-state index in [2.05, 4.69) is 5.32 Å². The first-order chi connectivity index (χ1) is 6.90.